The summed E-state index contributed by atoms with van der Waals surface area (Å²) in [6, 6.07) is 5.55. The van der Waals surface area contributed by atoms with E-state index < -0.39 is 34.7 Å². The Labute approximate surface area is 258 Å². The lowest BCUT2D eigenvalue weighted by molar-refractivity contribution is -0.139. The van der Waals surface area contributed by atoms with E-state index in [9.17, 15) is 28.8 Å². The van der Waals surface area contributed by atoms with Gasteiger partial charge in [-0.3, -0.25) is 28.9 Å². The number of carboxylic acid groups (broad SMARTS) is 1. The van der Waals surface area contributed by atoms with Crippen LogP contribution >= 0.6 is 12.6 Å². The highest BCUT2D eigenvalue weighted by atomic mass is 32.1. The molecule has 0 aromatic heterocycles. The number of likely N-dealkylation sites (tertiary alicyclic amines) is 1. The Morgan fingerprint density at radius 3 is 2.28 bits per heavy atom. The van der Waals surface area contributed by atoms with Crippen molar-refractivity contribution in [1.82, 2.24) is 15.5 Å². The van der Waals surface area contributed by atoms with Crippen molar-refractivity contribution in [3.05, 3.63) is 29.8 Å². The molecule has 0 saturated carbocycles. The van der Waals surface area contributed by atoms with Gasteiger partial charge in [-0.1, -0.05) is 46.2 Å². The molecule has 1 aliphatic rings. The van der Waals surface area contributed by atoms with Crippen LogP contribution in [0, 0.1) is 11.8 Å². The number of amides is 5. The van der Waals surface area contributed by atoms with Crippen molar-refractivity contribution in [3.8, 4) is 0 Å². The van der Waals surface area contributed by atoms with Crippen molar-refractivity contribution in [2.24, 2.45) is 11.8 Å². The van der Waals surface area contributed by atoms with Crippen molar-refractivity contribution in [1.29, 1.82) is 0 Å². The van der Waals surface area contributed by atoms with Gasteiger partial charge in [0.2, 0.25) is 29.5 Å². The number of ether oxygens (including phenoxy) is 1. The van der Waals surface area contributed by atoms with E-state index in [0.29, 0.717) is 49.9 Å². The summed E-state index contributed by atoms with van der Waals surface area (Å²) in [6.07, 6.45) is 2.13. The molecule has 13 heteroatoms. The van der Waals surface area contributed by atoms with Crippen LogP contribution in [0.25, 0.3) is 0 Å². The minimum atomic E-state index is -1.38. The molecule has 1 aromatic carbocycles. The van der Waals surface area contributed by atoms with Crippen molar-refractivity contribution < 1.29 is 38.6 Å². The Morgan fingerprint density at radius 2 is 1.70 bits per heavy atom. The highest BCUT2D eigenvalue weighted by molar-refractivity contribution is 7.81. The summed E-state index contributed by atoms with van der Waals surface area (Å²) < 4.78 is 4.00. The molecule has 0 radical (unpaired) electrons. The minimum absolute atomic E-state index is 0.113. The average Bonchev–Trinajstić information content (AvgIpc) is 3.26. The smallest absolute Gasteiger partial charge is 0.450 e. The molecule has 0 spiro atoms. The molecule has 12 nitrogen and oxygen atoms in total. The average molecular weight is 621 g/mol. The van der Waals surface area contributed by atoms with E-state index in [4.69, 9.17) is 17.7 Å². The second-order valence-electron chi connectivity index (χ2n) is 11.1. The first-order valence-electron chi connectivity index (χ1n) is 14.7. The molecule has 0 bridgehead atoms. The number of imide groups is 1. The van der Waals surface area contributed by atoms with Gasteiger partial charge in [-0.15, -0.1) is 0 Å². The molecule has 1 heterocycles. The van der Waals surface area contributed by atoms with Gasteiger partial charge in [0.25, 0.3) is 0 Å². The van der Waals surface area contributed by atoms with E-state index in [1.165, 1.54) is 4.90 Å². The third-order valence-corrected chi connectivity index (χ3v) is 8.64. The number of unbranched alkanes of at least 4 members (excludes halogenated alkanes) is 2. The molecule has 1 aliphatic heterocycles. The van der Waals surface area contributed by atoms with Gasteiger partial charge >= 0.3 is 6.16 Å². The van der Waals surface area contributed by atoms with Crippen molar-refractivity contribution >= 4 is 54.0 Å². The first-order chi connectivity index (χ1) is 20.3. The molecule has 1 fully saturated rings. The molecule has 238 valence electrons. The maximum atomic E-state index is 12.8. The Morgan fingerprint density at radius 1 is 1.05 bits per heavy atom. The summed E-state index contributed by atoms with van der Waals surface area (Å²) in [6.45, 7) is 7.41. The first kappa shape index (κ1) is 35.6. The first-order valence-corrected chi connectivity index (χ1v) is 15.1. The molecule has 2 unspecified atom stereocenters. The lowest BCUT2D eigenvalue weighted by Gasteiger charge is -2.30. The van der Waals surface area contributed by atoms with Crippen LogP contribution in [0.2, 0.25) is 0 Å². The van der Waals surface area contributed by atoms with E-state index in [0.717, 1.165) is 0 Å². The van der Waals surface area contributed by atoms with Gasteiger partial charge in [-0.05, 0) is 49.3 Å². The standard InChI is InChI=1S/C30H44N4O8S/c1-5-30(43,6-2)22-16-25(37)34(28(22)39)15-9-7-8-10-23(35)33-26(19(3)4)27(38)31-17-24(36)32-21-13-11-20(12-14-21)18-42-29(40)41/h11-14,19,22,26,43H,5-10,15-18H2,1-4H3,(H,31,38)(H,32,36)(H,33,35)(H,40,41). The molecule has 2 atom stereocenters. The fraction of sp³-hybridized carbons (Fsp3) is 0.600. The van der Waals surface area contributed by atoms with Gasteiger partial charge in [-0.2, -0.15) is 12.6 Å². The highest BCUT2D eigenvalue weighted by Gasteiger charge is 2.47. The van der Waals surface area contributed by atoms with Crippen LogP contribution in [0.1, 0.15) is 78.2 Å². The molecule has 5 amide bonds. The van der Waals surface area contributed by atoms with Crippen LogP contribution in [-0.4, -0.2) is 69.6 Å². The van der Waals surface area contributed by atoms with Crippen LogP contribution < -0.4 is 16.0 Å². The number of thiol groups is 1. The van der Waals surface area contributed by atoms with Crippen LogP contribution in [0.4, 0.5) is 10.5 Å². The summed E-state index contributed by atoms with van der Waals surface area (Å²) >= 11 is 4.70. The highest BCUT2D eigenvalue weighted by Crippen LogP contribution is 2.39. The van der Waals surface area contributed by atoms with Gasteiger partial charge in [0.05, 0.1) is 12.5 Å². The monoisotopic (exact) mass is 620 g/mol. The minimum Gasteiger partial charge on any atom is -0.450 e. The predicted molar refractivity (Wildman–Crippen MR) is 163 cm³/mol. The lowest BCUT2D eigenvalue weighted by atomic mass is 9.85. The van der Waals surface area contributed by atoms with E-state index in [1.54, 1.807) is 38.1 Å². The molecule has 4 N–H and O–H groups in total. The van der Waals surface area contributed by atoms with E-state index in [-0.39, 0.29) is 49.6 Å². The third kappa shape index (κ3) is 10.9. The van der Waals surface area contributed by atoms with Gasteiger partial charge in [0.15, 0.2) is 0 Å². The zero-order valence-corrected chi connectivity index (χ0v) is 26.2. The van der Waals surface area contributed by atoms with Crippen molar-refractivity contribution in [2.75, 3.05) is 18.4 Å². The molecule has 0 aliphatic carbocycles. The number of benzene rings is 1. The van der Waals surface area contributed by atoms with Gasteiger partial charge in [0.1, 0.15) is 12.6 Å². The number of hydrogen-bond acceptors (Lipinski definition) is 8. The quantitative estimate of drug-likeness (QED) is 0.0762. The fourth-order valence-electron chi connectivity index (χ4n) is 4.91. The predicted octanol–water partition coefficient (Wildman–Crippen LogP) is 3.50. The van der Waals surface area contributed by atoms with Gasteiger partial charge < -0.3 is 25.8 Å². The summed E-state index contributed by atoms with van der Waals surface area (Å²) in [5, 5.41) is 16.5. The molecular formula is C30H44N4O8S. The molecular weight excluding hydrogens is 576 g/mol. The zero-order chi connectivity index (χ0) is 32.2. The number of hydrogen-bond donors (Lipinski definition) is 5. The van der Waals surface area contributed by atoms with E-state index in [1.807, 2.05) is 13.8 Å². The van der Waals surface area contributed by atoms with E-state index in [2.05, 4.69) is 20.7 Å². The number of carbonyl (C=O) groups excluding carboxylic acids is 5. The number of nitrogens with zero attached hydrogens (tertiary/aromatic N) is 1. The second-order valence-corrected chi connectivity index (χ2v) is 12.0. The summed E-state index contributed by atoms with van der Waals surface area (Å²) in [4.78, 5) is 74.7. The van der Waals surface area contributed by atoms with Crippen LogP contribution in [-0.2, 0) is 35.3 Å². The number of carbonyl (C=O) groups is 6. The molecule has 1 saturated heterocycles. The molecule has 43 heavy (non-hydrogen) atoms. The van der Waals surface area contributed by atoms with Gasteiger partial charge in [0, 0.05) is 29.8 Å². The van der Waals surface area contributed by atoms with Crippen LogP contribution in [0.15, 0.2) is 24.3 Å². The maximum Gasteiger partial charge on any atom is 0.506 e. The summed E-state index contributed by atoms with van der Waals surface area (Å²) in [5.74, 6) is -2.23. The topological polar surface area (TPSA) is 171 Å². The Hall–Kier alpha value is -3.61. The van der Waals surface area contributed by atoms with Gasteiger partial charge in [-0.25, -0.2) is 4.79 Å². The Bertz CT molecular complexity index is 1150. The summed E-state index contributed by atoms with van der Waals surface area (Å²) in [7, 11) is 0. The zero-order valence-electron chi connectivity index (χ0n) is 25.3. The van der Waals surface area contributed by atoms with Crippen LogP contribution in [0.5, 0.6) is 0 Å². The lowest BCUT2D eigenvalue weighted by Crippen LogP contribution is -2.51. The van der Waals surface area contributed by atoms with Crippen molar-refractivity contribution in [3.63, 3.8) is 0 Å². The molecule has 1 aromatic rings. The molecule has 2 rings (SSSR count). The second kappa shape index (κ2) is 16.9. The number of nitrogens with one attached hydrogen (secondary N) is 3. The Kier molecular flexibility index (Phi) is 14.0. The Balaban J connectivity index is 1.72. The third-order valence-electron chi connectivity index (χ3n) is 7.69. The SMILES string of the molecule is CCC(S)(CC)C1CC(=O)N(CCCCCC(=O)NC(C(=O)NCC(=O)Nc2ccc(COC(=O)O)cc2)C(C)C)C1=O. The van der Waals surface area contributed by atoms with Crippen molar-refractivity contribution in [2.45, 2.75) is 90.0 Å². The van der Waals surface area contributed by atoms with Crippen LogP contribution in [0.3, 0.4) is 0 Å². The number of anilines is 1. The summed E-state index contributed by atoms with van der Waals surface area (Å²) in [5.41, 5.74) is 1.07. The normalized spacial score (nSPS) is 15.8. The largest absolute Gasteiger partial charge is 0.506 e. The fourth-order valence-corrected chi connectivity index (χ4v) is 5.11. The maximum absolute atomic E-state index is 12.8. The van der Waals surface area contributed by atoms with E-state index >= 15 is 0 Å². The number of rotatable bonds is 17.